The minimum atomic E-state index is -0.918. The largest absolute Gasteiger partial charge is 0.465 e. The van der Waals surface area contributed by atoms with Gasteiger partial charge in [0.25, 0.3) is 0 Å². The van der Waals surface area contributed by atoms with Crippen molar-refractivity contribution in [1.29, 1.82) is 0 Å². The summed E-state index contributed by atoms with van der Waals surface area (Å²) >= 11 is 0. The Hall–Kier alpha value is -2.04. The van der Waals surface area contributed by atoms with Crippen LogP contribution in [0.15, 0.2) is 29.3 Å². The minimum Gasteiger partial charge on any atom is -0.465 e. The molecule has 5 nitrogen and oxygen atoms in total. The number of amides is 1. The molecule has 0 saturated carbocycles. The molecule has 0 bridgehead atoms. The number of carbonyl (C=O) groups is 1. The third kappa shape index (κ3) is 2.61. The number of amidine groups is 1. The van der Waals surface area contributed by atoms with Crippen LogP contribution >= 0.6 is 0 Å². The molecule has 1 aliphatic heterocycles. The van der Waals surface area contributed by atoms with E-state index in [-0.39, 0.29) is 0 Å². The van der Waals surface area contributed by atoms with Crippen molar-refractivity contribution < 1.29 is 9.90 Å². The Labute approximate surface area is 106 Å². The molecular formula is C13H17N3O2. The first-order valence-electron chi connectivity index (χ1n) is 5.87. The fourth-order valence-corrected chi connectivity index (χ4v) is 1.94. The second-order valence-corrected chi connectivity index (χ2v) is 4.46. The van der Waals surface area contributed by atoms with E-state index in [0.717, 1.165) is 30.1 Å². The Kier molecular flexibility index (Phi) is 3.50. The molecule has 1 amide bonds. The predicted molar refractivity (Wildman–Crippen MR) is 70.0 cm³/mol. The number of likely N-dealkylation sites (N-methyl/N-ethyl adjacent to an activating group) is 1. The van der Waals surface area contributed by atoms with Gasteiger partial charge in [-0.2, -0.15) is 0 Å². The van der Waals surface area contributed by atoms with E-state index in [9.17, 15) is 4.79 Å². The highest BCUT2D eigenvalue weighted by Gasteiger charge is 2.14. The minimum absolute atomic E-state index is 0.401. The second kappa shape index (κ2) is 5.08. The molecular weight excluding hydrogens is 230 g/mol. The van der Waals surface area contributed by atoms with Gasteiger partial charge < -0.3 is 14.9 Å². The van der Waals surface area contributed by atoms with E-state index in [1.165, 1.54) is 4.90 Å². The zero-order chi connectivity index (χ0) is 13.1. The van der Waals surface area contributed by atoms with Crippen LogP contribution in [0.4, 0.5) is 4.79 Å². The lowest BCUT2D eigenvalue weighted by Gasteiger charge is -2.15. The summed E-state index contributed by atoms with van der Waals surface area (Å²) in [4.78, 5) is 18.5. The molecule has 0 spiro atoms. The molecule has 0 unspecified atom stereocenters. The standard InChI is InChI=1S/C13H17N3O2/c1-15-8-7-14-12(15)11-5-3-10(4-6-11)9-16(2)13(17)18/h3-6H,7-9H2,1-2H3,(H,17,18). The van der Waals surface area contributed by atoms with Crippen LogP contribution in [0.1, 0.15) is 11.1 Å². The van der Waals surface area contributed by atoms with E-state index >= 15 is 0 Å². The van der Waals surface area contributed by atoms with Gasteiger partial charge in [-0.1, -0.05) is 24.3 Å². The number of benzene rings is 1. The Balaban J connectivity index is 2.08. The highest BCUT2D eigenvalue weighted by molar-refractivity contribution is 5.99. The first kappa shape index (κ1) is 12.4. The fourth-order valence-electron chi connectivity index (χ4n) is 1.94. The summed E-state index contributed by atoms with van der Waals surface area (Å²) in [5.74, 6) is 1.01. The number of nitrogens with zero attached hydrogens (tertiary/aromatic N) is 3. The number of hydrogen-bond donors (Lipinski definition) is 1. The molecule has 0 atom stereocenters. The zero-order valence-corrected chi connectivity index (χ0v) is 10.6. The monoisotopic (exact) mass is 247 g/mol. The number of aliphatic imine (C=N–C) groups is 1. The van der Waals surface area contributed by atoms with E-state index < -0.39 is 6.09 Å². The van der Waals surface area contributed by atoms with Crippen LogP contribution in [0.2, 0.25) is 0 Å². The van der Waals surface area contributed by atoms with Gasteiger partial charge >= 0.3 is 6.09 Å². The van der Waals surface area contributed by atoms with Crippen molar-refractivity contribution in [2.45, 2.75) is 6.54 Å². The van der Waals surface area contributed by atoms with Crippen LogP contribution < -0.4 is 0 Å². The zero-order valence-electron chi connectivity index (χ0n) is 10.6. The van der Waals surface area contributed by atoms with Crippen molar-refractivity contribution in [3.05, 3.63) is 35.4 Å². The van der Waals surface area contributed by atoms with Crippen molar-refractivity contribution in [2.75, 3.05) is 27.2 Å². The van der Waals surface area contributed by atoms with Gasteiger partial charge in [-0.15, -0.1) is 0 Å². The summed E-state index contributed by atoms with van der Waals surface area (Å²) in [6, 6.07) is 7.88. The van der Waals surface area contributed by atoms with Crippen LogP contribution in [0.5, 0.6) is 0 Å². The number of hydrogen-bond acceptors (Lipinski definition) is 3. The van der Waals surface area contributed by atoms with Crippen LogP contribution in [0.3, 0.4) is 0 Å². The molecule has 0 aromatic heterocycles. The molecule has 1 aromatic rings. The van der Waals surface area contributed by atoms with Gasteiger partial charge in [0, 0.05) is 32.7 Å². The molecule has 96 valence electrons. The lowest BCUT2D eigenvalue weighted by atomic mass is 10.1. The number of carboxylic acid groups (broad SMARTS) is 1. The van der Waals surface area contributed by atoms with Gasteiger partial charge in [-0.25, -0.2) is 4.79 Å². The smallest absolute Gasteiger partial charge is 0.407 e. The van der Waals surface area contributed by atoms with Gasteiger partial charge in [0.05, 0.1) is 6.54 Å². The predicted octanol–water partition coefficient (Wildman–Crippen LogP) is 1.49. The lowest BCUT2D eigenvalue weighted by molar-refractivity contribution is 0.154. The molecule has 5 heteroatoms. The third-order valence-electron chi connectivity index (χ3n) is 3.02. The van der Waals surface area contributed by atoms with Crippen LogP contribution in [-0.2, 0) is 6.54 Å². The summed E-state index contributed by atoms with van der Waals surface area (Å²) in [6.45, 7) is 2.20. The molecule has 1 N–H and O–H groups in total. The summed E-state index contributed by atoms with van der Waals surface area (Å²) in [7, 11) is 3.59. The van der Waals surface area contributed by atoms with Crippen molar-refractivity contribution in [2.24, 2.45) is 4.99 Å². The average Bonchev–Trinajstić information content (AvgIpc) is 2.76. The SMILES string of the molecule is CN(Cc1ccc(C2=NCCN2C)cc1)C(=O)O. The number of rotatable bonds is 3. The van der Waals surface area contributed by atoms with Gasteiger partial charge in [0.15, 0.2) is 0 Å². The molecule has 1 aliphatic rings. The Morgan fingerprint density at radius 2 is 2.11 bits per heavy atom. The summed E-state index contributed by atoms with van der Waals surface area (Å²) in [6.07, 6.45) is -0.918. The molecule has 0 radical (unpaired) electrons. The van der Waals surface area contributed by atoms with E-state index in [1.807, 2.05) is 31.3 Å². The van der Waals surface area contributed by atoms with Gasteiger partial charge in [-0.3, -0.25) is 4.99 Å². The quantitative estimate of drug-likeness (QED) is 0.880. The van der Waals surface area contributed by atoms with Crippen LogP contribution in [0, 0.1) is 0 Å². The normalized spacial score (nSPS) is 14.6. The van der Waals surface area contributed by atoms with Crippen molar-refractivity contribution in [3.63, 3.8) is 0 Å². The van der Waals surface area contributed by atoms with E-state index in [1.54, 1.807) is 7.05 Å². The Morgan fingerprint density at radius 3 is 2.61 bits per heavy atom. The lowest BCUT2D eigenvalue weighted by Crippen LogP contribution is -2.24. The van der Waals surface area contributed by atoms with Crippen LogP contribution in [0.25, 0.3) is 0 Å². The Morgan fingerprint density at radius 1 is 1.44 bits per heavy atom. The highest BCUT2D eigenvalue weighted by Crippen LogP contribution is 2.12. The molecule has 0 fully saturated rings. The molecule has 0 saturated heterocycles. The molecule has 0 aliphatic carbocycles. The second-order valence-electron chi connectivity index (χ2n) is 4.46. The summed E-state index contributed by atoms with van der Waals surface area (Å²) in [5, 5.41) is 8.81. The average molecular weight is 247 g/mol. The maximum atomic E-state index is 10.7. The summed E-state index contributed by atoms with van der Waals surface area (Å²) < 4.78 is 0. The van der Waals surface area contributed by atoms with E-state index in [0.29, 0.717) is 6.54 Å². The summed E-state index contributed by atoms with van der Waals surface area (Å²) in [5.41, 5.74) is 2.06. The first-order valence-corrected chi connectivity index (χ1v) is 5.87. The third-order valence-corrected chi connectivity index (χ3v) is 3.02. The first-order chi connectivity index (χ1) is 8.58. The topological polar surface area (TPSA) is 56.1 Å². The molecule has 2 rings (SSSR count). The van der Waals surface area contributed by atoms with Crippen LogP contribution in [-0.4, -0.2) is 54.0 Å². The van der Waals surface area contributed by atoms with Gasteiger partial charge in [0.1, 0.15) is 5.84 Å². The molecule has 18 heavy (non-hydrogen) atoms. The van der Waals surface area contributed by atoms with Crippen molar-refractivity contribution >= 4 is 11.9 Å². The molecule has 1 aromatic carbocycles. The molecule has 1 heterocycles. The van der Waals surface area contributed by atoms with Crippen molar-refractivity contribution in [1.82, 2.24) is 9.80 Å². The maximum Gasteiger partial charge on any atom is 0.407 e. The maximum absolute atomic E-state index is 10.7. The Bertz CT molecular complexity index is 468. The van der Waals surface area contributed by atoms with E-state index in [2.05, 4.69) is 9.89 Å². The fraction of sp³-hybridized carbons (Fsp3) is 0.385. The van der Waals surface area contributed by atoms with Gasteiger partial charge in [0.2, 0.25) is 0 Å². The highest BCUT2D eigenvalue weighted by atomic mass is 16.4. The van der Waals surface area contributed by atoms with Crippen molar-refractivity contribution in [3.8, 4) is 0 Å². The van der Waals surface area contributed by atoms with Gasteiger partial charge in [-0.05, 0) is 5.56 Å². The van der Waals surface area contributed by atoms with E-state index in [4.69, 9.17) is 5.11 Å².